The topological polar surface area (TPSA) is 73.8 Å². The van der Waals surface area contributed by atoms with Gasteiger partial charge in [-0.2, -0.15) is 41.3 Å². The van der Waals surface area contributed by atoms with Gasteiger partial charge in [0, 0.05) is 17.2 Å². The van der Waals surface area contributed by atoms with E-state index in [9.17, 15) is 40.8 Å². The average Bonchev–Trinajstić information content (AvgIpc) is 3.00. The number of aromatic nitrogens is 3. The van der Waals surface area contributed by atoms with Crippen LogP contribution in [0.5, 0.6) is 0 Å². The molecule has 0 saturated heterocycles. The lowest BCUT2D eigenvalue weighted by Gasteiger charge is -2.30. The molecule has 1 heterocycles. The zero-order valence-electron chi connectivity index (χ0n) is 14.9. The molecule has 0 amide bonds. The Morgan fingerprint density at radius 3 is 2.07 bits per heavy atom. The average molecular weight is 436 g/mol. The number of rotatable bonds is 4. The summed E-state index contributed by atoms with van der Waals surface area (Å²) in [4.78, 5) is 11.3. The number of hydrogen-bond donors (Lipinski definition) is 0. The summed E-state index contributed by atoms with van der Waals surface area (Å²) >= 11 is 0. The van der Waals surface area contributed by atoms with Crippen molar-refractivity contribution < 1.29 is 35.7 Å². The maximum atomic E-state index is 14.2. The van der Waals surface area contributed by atoms with Crippen molar-refractivity contribution in [3.05, 3.63) is 63.2 Å². The van der Waals surface area contributed by atoms with Crippen molar-refractivity contribution in [2.75, 3.05) is 0 Å². The molecule has 3 aromatic rings. The van der Waals surface area contributed by atoms with Crippen LogP contribution in [0, 0.1) is 17.0 Å². The Labute approximate surface area is 163 Å². The Hall–Kier alpha value is -3.25. The molecule has 13 heteroatoms. The number of alkyl halides is 7. The minimum absolute atomic E-state index is 0.0518. The molecule has 0 spiro atoms. The Kier molecular flexibility index (Phi) is 4.95. The van der Waals surface area contributed by atoms with Gasteiger partial charge in [-0.15, -0.1) is 0 Å². The van der Waals surface area contributed by atoms with Crippen LogP contribution in [0.1, 0.15) is 16.7 Å². The molecule has 0 aliphatic carbocycles. The lowest BCUT2D eigenvalue weighted by atomic mass is 9.94. The van der Waals surface area contributed by atoms with Gasteiger partial charge in [0.05, 0.1) is 11.5 Å². The predicted molar refractivity (Wildman–Crippen MR) is 89.4 cm³/mol. The fraction of sp³-hybridized carbons (Fsp3) is 0.294. The van der Waals surface area contributed by atoms with Crippen LogP contribution < -0.4 is 0 Å². The van der Waals surface area contributed by atoms with E-state index in [-0.39, 0.29) is 23.3 Å². The SMILES string of the molecule is Cc1cc(Cn2nc3ccc(C(F)(C(F)(F)F)C(F)(F)F)cc3n2)ccc1[N+](=O)[O-]. The summed E-state index contributed by atoms with van der Waals surface area (Å²) < 4.78 is 91.7. The molecule has 3 rings (SSSR count). The first-order chi connectivity index (χ1) is 13.7. The highest BCUT2D eigenvalue weighted by atomic mass is 19.4. The summed E-state index contributed by atoms with van der Waals surface area (Å²) in [6.07, 6.45) is -12.5. The predicted octanol–water partition coefficient (Wildman–Crippen LogP) is 4.99. The number of nitro benzene ring substituents is 1. The standard InChI is InChI=1S/C17H11F7N4O2/c1-9-6-10(2-5-14(9)28(29)30)8-27-25-12-4-3-11(7-13(12)26-27)15(18,16(19,20)21)17(22,23)24/h2-7H,8H2,1H3. The quantitative estimate of drug-likeness (QED) is 0.328. The summed E-state index contributed by atoms with van der Waals surface area (Å²) in [5.74, 6) is 0. The Bertz CT molecular complexity index is 1110. The molecular weight excluding hydrogens is 425 g/mol. The van der Waals surface area contributed by atoms with Gasteiger partial charge in [-0.1, -0.05) is 12.1 Å². The fourth-order valence-electron chi connectivity index (χ4n) is 2.92. The first-order valence-electron chi connectivity index (χ1n) is 8.15. The second-order valence-corrected chi connectivity index (χ2v) is 6.47. The molecule has 0 saturated carbocycles. The monoisotopic (exact) mass is 436 g/mol. The third-order valence-corrected chi connectivity index (χ3v) is 4.38. The molecular formula is C17H11F7N4O2. The second-order valence-electron chi connectivity index (χ2n) is 6.47. The lowest BCUT2D eigenvalue weighted by molar-refractivity contribution is -0.385. The molecule has 160 valence electrons. The normalized spacial score (nSPS) is 13.1. The zero-order chi connectivity index (χ0) is 22.5. The van der Waals surface area contributed by atoms with E-state index in [0.717, 1.165) is 10.9 Å². The fourth-order valence-corrected chi connectivity index (χ4v) is 2.92. The molecule has 0 unspecified atom stereocenters. The molecule has 0 fully saturated rings. The van der Waals surface area contributed by atoms with E-state index < -0.39 is 28.5 Å². The molecule has 0 aliphatic heterocycles. The number of fused-ring (bicyclic) bond motifs is 1. The van der Waals surface area contributed by atoms with E-state index in [2.05, 4.69) is 10.2 Å². The lowest BCUT2D eigenvalue weighted by Crippen LogP contribution is -2.50. The van der Waals surface area contributed by atoms with Crippen LogP contribution in [0.15, 0.2) is 36.4 Å². The maximum Gasteiger partial charge on any atom is 0.435 e. The van der Waals surface area contributed by atoms with Gasteiger partial charge in [0.1, 0.15) is 11.0 Å². The number of nitrogens with zero attached hydrogens (tertiary/aromatic N) is 4. The number of aryl methyl sites for hydroxylation is 1. The Balaban J connectivity index is 1.99. The molecule has 30 heavy (non-hydrogen) atoms. The van der Waals surface area contributed by atoms with E-state index >= 15 is 0 Å². The van der Waals surface area contributed by atoms with Crippen LogP contribution in [-0.4, -0.2) is 32.3 Å². The molecule has 1 aromatic heterocycles. The van der Waals surface area contributed by atoms with Crippen LogP contribution in [0.4, 0.5) is 36.4 Å². The van der Waals surface area contributed by atoms with E-state index in [0.29, 0.717) is 23.3 Å². The van der Waals surface area contributed by atoms with Gasteiger partial charge in [0.25, 0.3) is 5.69 Å². The van der Waals surface area contributed by atoms with Gasteiger partial charge in [0.15, 0.2) is 0 Å². The molecule has 2 aromatic carbocycles. The molecule has 0 N–H and O–H groups in total. The van der Waals surface area contributed by atoms with E-state index in [4.69, 9.17) is 0 Å². The van der Waals surface area contributed by atoms with Gasteiger partial charge in [-0.3, -0.25) is 10.1 Å². The third-order valence-electron chi connectivity index (χ3n) is 4.38. The summed E-state index contributed by atoms with van der Waals surface area (Å²) in [6.45, 7) is 1.43. The maximum absolute atomic E-state index is 14.2. The van der Waals surface area contributed by atoms with Crippen molar-refractivity contribution in [1.29, 1.82) is 0 Å². The van der Waals surface area contributed by atoms with Gasteiger partial charge in [0.2, 0.25) is 0 Å². The molecule has 6 nitrogen and oxygen atoms in total. The van der Waals surface area contributed by atoms with E-state index in [1.807, 2.05) is 0 Å². The Morgan fingerprint density at radius 1 is 0.933 bits per heavy atom. The summed E-state index contributed by atoms with van der Waals surface area (Å²) in [5, 5.41) is 18.6. The largest absolute Gasteiger partial charge is 0.435 e. The van der Waals surface area contributed by atoms with E-state index in [1.54, 1.807) is 0 Å². The van der Waals surface area contributed by atoms with Crippen LogP contribution in [0.3, 0.4) is 0 Å². The second kappa shape index (κ2) is 6.92. The van der Waals surface area contributed by atoms with Crippen molar-refractivity contribution in [2.24, 2.45) is 0 Å². The van der Waals surface area contributed by atoms with Crippen LogP contribution in [0.25, 0.3) is 11.0 Å². The highest BCUT2D eigenvalue weighted by Gasteiger charge is 2.73. The van der Waals surface area contributed by atoms with Crippen molar-refractivity contribution in [2.45, 2.75) is 31.5 Å². The van der Waals surface area contributed by atoms with Gasteiger partial charge in [-0.05, 0) is 30.7 Å². The molecule has 0 atom stereocenters. The van der Waals surface area contributed by atoms with Crippen LogP contribution in [-0.2, 0) is 12.2 Å². The van der Waals surface area contributed by atoms with Crippen molar-refractivity contribution in [1.82, 2.24) is 15.0 Å². The van der Waals surface area contributed by atoms with Gasteiger partial charge >= 0.3 is 18.0 Å². The highest BCUT2D eigenvalue weighted by Crippen LogP contribution is 2.53. The zero-order valence-corrected chi connectivity index (χ0v) is 14.9. The minimum atomic E-state index is -6.23. The van der Waals surface area contributed by atoms with Crippen molar-refractivity contribution in [3.63, 3.8) is 0 Å². The van der Waals surface area contributed by atoms with Crippen LogP contribution >= 0.6 is 0 Å². The van der Waals surface area contributed by atoms with E-state index in [1.165, 1.54) is 25.1 Å². The number of hydrogen-bond acceptors (Lipinski definition) is 4. The first-order valence-corrected chi connectivity index (χ1v) is 8.15. The third kappa shape index (κ3) is 3.55. The van der Waals surface area contributed by atoms with Crippen molar-refractivity contribution >= 4 is 16.7 Å². The Morgan fingerprint density at radius 2 is 1.53 bits per heavy atom. The van der Waals surface area contributed by atoms with Crippen molar-refractivity contribution in [3.8, 4) is 0 Å². The molecule has 0 bridgehead atoms. The summed E-state index contributed by atoms with van der Waals surface area (Å²) in [5.41, 5.74) is -6.93. The number of benzene rings is 2. The summed E-state index contributed by atoms with van der Waals surface area (Å²) in [7, 11) is 0. The smallest absolute Gasteiger partial charge is 0.258 e. The molecule has 0 aliphatic rings. The number of nitro groups is 1. The molecule has 0 radical (unpaired) electrons. The van der Waals surface area contributed by atoms with Gasteiger partial charge < -0.3 is 0 Å². The summed E-state index contributed by atoms with van der Waals surface area (Å²) in [6, 6.07) is 5.64. The first kappa shape index (κ1) is 21.5. The minimum Gasteiger partial charge on any atom is -0.258 e. The number of halogens is 7. The van der Waals surface area contributed by atoms with Crippen LogP contribution in [0.2, 0.25) is 0 Å². The highest BCUT2D eigenvalue weighted by molar-refractivity contribution is 5.74. The van der Waals surface area contributed by atoms with Gasteiger partial charge in [-0.25, -0.2) is 4.39 Å².